The second-order valence-corrected chi connectivity index (χ2v) is 6.29. The van der Waals surface area contributed by atoms with Crippen molar-refractivity contribution in [1.29, 1.82) is 0 Å². The van der Waals surface area contributed by atoms with Crippen LogP contribution in [0.1, 0.15) is 26.3 Å². The van der Waals surface area contributed by atoms with Gasteiger partial charge in [0.1, 0.15) is 5.84 Å². The van der Waals surface area contributed by atoms with E-state index in [0.29, 0.717) is 5.84 Å². The molecule has 1 rings (SSSR count). The van der Waals surface area contributed by atoms with Gasteiger partial charge < -0.3 is 16.4 Å². The van der Waals surface area contributed by atoms with Gasteiger partial charge in [0.2, 0.25) is 0 Å². The summed E-state index contributed by atoms with van der Waals surface area (Å²) in [7, 11) is 4.09. The number of rotatable bonds is 4. The number of amidine groups is 1. The lowest BCUT2D eigenvalue weighted by molar-refractivity contribution is 0.402. The summed E-state index contributed by atoms with van der Waals surface area (Å²) in [5, 5.41) is 0. The molecule has 0 fully saturated rings. The average Bonchev–Trinajstić information content (AvgIpc) is 2.29. The van der Waals surface area contributed by atoms with E-state index in [4.69, 9.17) is 11.5 Å². The summed E-state index contributed by atoms with van der Waals surface area (Å²) < 4.78 is 0. The first-order chi connectivity index (χ1) is 9.18. The molecule has 0 unspecified atom stereocenters. The highest BCUT2D eigenvalue weighted by molar-refractivity contribution is 5.93. The van der Waals surface area contributed by atoms with Crippen LogP contribution >= 0.6 is 0 Å². The van der Waals surface area contributed by atoms with Crippen LogP contribution in [0.2, 0.25) is 0 Å². The largest absolute Gasteiger partial charge is 0.401 e. The highest BCUT2D eigenvalue weighted by Gasteiger charge is 2.13. The quantitative estimate of drug-likeness (QED) is 0.655. The van der Waals surface area contributed by atoms with E-state index in [-0.39, 0.29) is 5.41 Å². The fourth-order valence-corrected chi connectivity index (χ4v) is 1.60. The van der Waals surface area contributed by atoms with E-state index in [1.165, 1.54) is 5.56 Å². The van der Waals surface area contributed by atoms with Crippen LogP contribution in [0.3, 0.4) is 0 Å². The van der Waals surface area contributed by atoms with Crippen molar-refractivity contribution < 1.29 is 0 Å². The van der Waals surface area contributed by atoms with E-state index >= 15 is 0 Å². The predicted molar refractivity (Wildman–Crippen MR) is 86.8 cm³/mol. The molecule has 0 saturated carbocycles. The predicted octanol–water partition coefficient (Wildman–Crippen LogP) is 2.63. The molecule has 0 saturated heterocycles. The van der Waals surface area contributed by atoms with Gasteiger partial charge in [-0.15, -0.1) is 0 Å². The van der Waals surface area contributed by atoms with Gasteiger partial charge in [-0.25, -0.2) is 4.99 Å². The van der Waals surface area contributed by atoms with Crippen molar-refractivity contribution in [3.8, 4) is 0 Å². The van der Waals surface area contributed by atoms with Crippen LogP contribution in [-0.4, -0.2) is 24.8 Å². The topological polar surface area (TPSA) is 67.6 Å². The smallest absolute Gasteiger partial charge is 0.125 e. The molecule has 4 nitrogen and oxygen atoms in total. The van der Waals surface area contributed by atoms with Crippen LogP contribution in [0.25, 0.3) is 0 Å². The Kier molecular flexibility index (Phi) is 5.34. The van der Waals surface area contributed by atoms with Crippen molar-refractivity contribution in [2.24, 2.45) is 21.9 Å². The van der Waals surface area contributed by atoms with Gasteiger partial charge in [-0.3, -0.25) is 0 Å². The van der Waals surface area contributed by atoms with E-state index < -0.39 is 0 Å². The van der Waals surface area contributed by atoms with Crippen molar-refractivity contribution >= 4 is 11.5 Å². The van der Waals surface area contributed by atoms with E-state index in [0.717, 1.165) is 17.9 Å². The van der Waals surface area contributed by atoms with Crippen molar-refractivity contribution in [3.63, 3.8) is 0 Å². The Labute approximate surface area is 122 Å². The van der Waals surface area contributed by atoms with Gasteiger partial charge >= 0.3 is 0 Å². The minimum Gasteiger partial charge on any atom is -0.401 e. The zero-order valence-corrected chi connectivity index (χ0v) is 13.1. The Morgan fingerprint density at radius 1 is 1.15 bits per heavy atom. The van der Waals surface area contributed by atoms with Gasteiger partial charge in [0.05, 0.1) is 5.69 Å². The van der Waals surface area contributed by atoms with Gasteiger partial charge in [-0.1, -0.05) is 32.9 Å². The maximum atomic E-state index is 5.98. The Morgan fingerprint density at radius 3 is 2.15 bits per heavy atom. The number of benzene rings is 1. The molecule has 0 aromatic heterocycles. The zero-order chi connectivity index (χ0) is 15.3. The van der Waals surface area contributed by atoms with Gasteiger partial charge in [-0.2, -0.15) is 0 Å². The van der Waals surface area contributed by atoms with Crippen molar-refractivity contribution in [2.75, 3.05) is 14.1 Å². The molecule has 0 aliphatic heterocycles. The maximum absolute atomic E-state index is 5.98. The van der Waals surface area contributed by atoms with E-state index in [1.807, 2.05) is 47.0 Å². The molecule has 0 heterocycles. The summed E-state index contributed by atoms with van der Waals surface area (Å²) in [6.45, 7) is 7.04. The molecule has 0 radical (unpaired) electrons. The molecule has 4 heteroatoms. The highest BCUT2D eigenvalue weighted by Crippen LogP contribution is 2.20. The number of allylic oxidation sites excluding steroid dienone is 1. The molecule has 1 aromatic rings. The Morgan fingerprint density at radius 2 is 1.70 bits per heavy atom. The number of nitrogens with two attached hydrogens (primary N) is 2. The summed E-state index contributed by atoms with van der Waals surface area (Å²) in [6.07, 6.45) is 1.73. The van der Waals surface area contributed by atoms with E-state index in [9.17, 15) is 0 Å². The average molecular weight is 274 g/mol. The summed E-state index contributed by atoms with van der Waals surface area (Å²) in [5.41, 5.74) is 14.6. The van der Waals surface area contributed by atoms with Crippen LogP contribution in [-0.2, 0) is 6.54 Å². The van der Waals surface area contributed by atoms with Crippen LogP contribution in [0.4, 0.5) is 5.69 Å². The van der Waals surface area contributed by atoms with Crippen molar-refractivity contribution in [1.82, 2.24) is 4.90 Å². The SMILES string of the molecule is CN(C)Cc1ccc(N=C(N)/C=C(\N)C(C)(C)C)cc1. The Balaban J connectivity index is 2.84. The molecule has 0 aliphatic carbocycles. The monoisotopic (exact) mass is 274 g/mol. The second-order valence-electron chi connectivity index (χ2n) is 6.29. The third-order valence-corrected chi connectivity index (χ3v) is 2.86. The molecule has 20 heavy (non-hydrogen) atoms. The first kappa shape index (κ1) is 16.2. The fraction of sp³-hybridized carbons (Fsp3) is 0.438. The number of hydrogen-bond donors (Lipinski definition) is 2. The zero-order valence-electron chi connectivity index (χ0n) is 13.1. The molecular formula is C16H26N4. The van der Waals surface area contributed by atoms with Crippen LogP contribution in [0.15, 0.2) is 41.0 Å². The van der Waals surface area contributed by atoms with Crippen LogP contribution in [0.5, 0.6) is 0 Å². The molecular weight excluding hydrogens is 248 g/mol. The Bertz CT molecular complexity index is 490. The molecule has 0 atom stereocenters. The second kappa shape index (κ2) is 6.57. The highest BCUT2D eigenvalue weighted by atomic mass is 15.0. The van der Waals surface area contributed by atoms with Crippen molar-refractivity contribution in [2.45, 2.75) is 27.3 Å². The third kappa shape index (κ3) is 5.45. The third-order valence-electron chi connectivity index (χ3n) is 2.86. The lowest BCUT2D eigenvalue weighted by Crippen LogP contribution is -2.20. The molecule has 110 valence electrons. The van der Waals surface area contributed by atoms with Gasteiger partial charge in [0.15, 0.2) is 0 Å². The minimum absolute atomic E-state index is 0.101. The summed E-state index contributed by atoms with van der Waals surface area (Å²) in [5.74, 6) is 0.429. The molecule has 0 amide bonds. The summed E-state index contributed by atoms with van der Waals surface area (Å²) >= 11 is 0. The first-order valence-electron chi connectivity index (χ1n) is 6.74. The maximum Gasteiger partial charge on any atom is 0.125 e. The van der Waals surface area contributed by atoms with Gasteiger partial charge in [0, 0.05) is 17.7 Å². The van der Waals surface area contributed by atoms with Gasteiger partial charge in [-0.05, 0) is 37.9 Å². The molecule has 1 aromatic carbocycles. The molecule has 0 spiro atoms. The number of hydrogen-bond acceptors (Lipinski definition) is 3. The van der Waals surface area contributed by atoms with E-state index in [1.54, 1.807) is 6.08 Å². The molecule has 4 N–H and O–H groups in total. The molecule has 0 bridgehead atoms. The first-order valence-corrected chi connectivity index (χ1v) is 6.74. The lowest BCUT2D eigenvalue weighted by Gasteiger charge is -2.18. The number of nitrogens with zero attached hydrogens (tertiary/aromatic N) is 2. The lowest BCUT2D eigenvalue weighted by atomic mass is 9.92. The minimum atomic E-state index is -0.101. The number of aliphatic imine (C=N–C) groups is 1. The van der Waals surface area contributed by atoms with Gasteiger partial charge in [0.25, 0.3) is 0 Å². The van der Waals surface area contributed by atoms with Crippen molar-refractivity contribution in [3.05, 3.63) is 41.6 Å². The summed E-state index contributed by atoms with van der Waals surface area (Å²) in [4.78, 5) is 6.48. The summed E-state index contributed by atoms with van der Waals surface area (Å²) in [6, 6.07) is 8.05. The normalized spacial score (nSPS) is 13.9. The molecule has 0 aliphatic rings. The standard InChI is InChI=1S/C16H26N4/c1-16(2,3)14(17)10-15(18)19-13-8-6-12(7-9-13)11-20(4)5/h6-10H,11,17H2,1-5H3,(H2,18,19)/b14-10-. The van der Waals surface area contributed by atoms with E-state index in [2.05, 4.69) is 22.0 Å². The van der Waals surface area contributed by atoms with Crippen LogP contribution in [0, 0.1) is 5.41 Å². The Hall–Kier alpha value is -1.81. The van der Waals surface area contributed by atoms with Crippen LogP contribution < -0.4 is 11.5 Å². The fourth-order valence-electron chi connectivity index (χ4n) is 1.60.